The number of sulfonamides is 1. The number of aryl methyl sites for hydroxylation is 2. The third-order valence-electron chi connectivity index (χ3n) is 6.08. The molecule has 1 aliphatic rings. The van der Waals surface area contributed by atoms with Crippen LogP contribution in [0.15, 0.2) is 53.6 Å². The van der Waals surface area contributed by atoms with Gasteiger partial charge in [0.15, 0.2) is 0 Å². The van der Waals surface area contributed by atoms with Crippen LogP contribution < -0.4 is 10.6 Å². The van der Waals surface area contributed by atoms with Gasteiger partial charge in [0.05, 0.1) is 18.0 Å². The Balaban J connectivity index is 1.33. The number of H-pyrrole nitrogens is 1. The molecule has 0 saturated carbocycles. The van der Waals surface area contributed by atoms with Gasteiger partial charge in [0.1, 0.15) is 6.23 Å². The first-order chi connectivity index (χ1) is 16.8. The molecule has 10 heteroatoms. The minimum absolute atomic E-state index is 0.126. The first-order valence-corrected chi connectivity index (χ1v) is 13.0. The predicted molar refractivity (Wildman–Crippen MR) is 132 cm³/mol. The van der Waals surface area contributed by atoms with E-state index in [1.165, 1.54) is 4.31 Å². The van der Waals surface area contributed by atoms with E-state index in [-0.39, 0.29) is 18.0 Å². The first-order valence-electron chi connectivity index (χ1n) is 11.6. The van der Waals surface area contributed by atoms with Crippen LogP contribution in [0.4, 0.5) is 0 Å². The largest absolute Gasteiger partial charge is 0.361 e. The van der Waals surface area contributed by atoms with E-state index in [9.17, 15) is 18.0 Å². The molecule has 1 saturated heterocycles. The van der Waals surface area contributed by atoms with Gasteiger partial charge in [-0.1, -0.05) is 30.3 Å². The molecule has 0 aliphatic carbocycles. The van der Waals surface area contributed by atoms with Gasteiger partial charge in [-0.25, -0.2) is 8.42 Å². The van der Waals surface area contributed by atoms with Crippen molar-refractivity contribution < 1.29 is 22.7 Å². The molecule has 2 heterocycles. The van der Waals surface area contributed by atoms with Gasteiger partial charge in [0, 0.05) is 30.2 Å². The monoisotopic (exact) mass is 498 g/mol. The zero-order chi connectivity index (χ0) is 25.0. The Morgan fingerprint density at radius 1 is 1.11 bits per heavy atom. The van der Waals surface area contributed by atoms with Crippen LogP contribution in [-0.2, 0) is 30.8 Å². The Morgan fingerprint density at radius 3 is 2.71 bits per heavy atom. The maximum Gasteiger partial charge on any atom is 0.309 e. The van der Waals surface area contributed by atoms with E-state index in [0.717, 1.165) is 22.0 Å². The minimum Gasteiger partial charge on any atom is -0.361 e. The number of carbonyl (C=O) groups is 2. The molecule has 0 unspecified atom stereocenters. The summed E-state index contributed by atoms with van der Waals surface area (Å²) in [5.41, 5.74) is 3.53. The summed E-state index contributed by atoms with van der Waals surface area (Å²) < 4.78 is 33.6. The van der Waals surface area contributed by atoms with Crippen LogP contribution in [-0.4, -0.2) is 62.0 Å². The summed E-state index contributed by atoms with van der Waals surface area (Å²) in [5, 5.41) is 6.21. The van der Waals surface area contributed by atoms with E-state index in [4.69, 9.17) is 4.74 Å². The van der Waals surface area contributed by atoms with Crippen LogP contribution in [0.2, 0.25) is 0 Å². The van der Waals surface area contributed by atoms with Crippen molar-refractivity contribution in [2.45, 2.75) is 37.8 Å². The highest BCUT2D eigenvalue weighted by Gasteiger charge is 2.35. The fourth-order valence-corrected chi connectivity index (χ4v) is 6.08. The maximum atomic E-state index is 13.3. The van der Waals surface area contributed by atoms with Crippen LogP contribution in [0.5, 0.6) is 0 Å². The number of ether oxygens (including phenoxy) is 1. The lowest BCUT2D eigenvalue weighted by atomic mass is 10.1. The van der Waals surface area contributed by atoms with Crippen molar-refractivity contribution in [1.29, 1.82) is 0 Å². The fraction of sp³-hybridized carbons (Fsp3) is 0.360. The average Bonchev–Trinajstić information content (AvgIpc) is 3.27. The van der Waals surface area contributed by atoms with Crippen molar-refractivity contribution in [3.05, 3.63) is 65.4 Å². The highest BCUT2D eigenvalue weighted by Crippen LogP contribution is 2.25. The second-order valence-corrected chi connectivity index (χ2v) is 10.5. The van der Waals surface area contributed by atoms with Crippen LogP contribution >= 0.6 is 0 Å². The van der Waals surface area contributed by atoms with Gasteiger partial charge in [-0.2, -0.15) is 4.31 Å². The van der Waals surface area contributed by atoms with E-state index >= 15 is 0 Å². The van der Waals surface area contributed by atoms with Crippen molar-refractivity contribution in [1.82, 2.24) is 19.9 Å². The lowest BCUT2D eigenvalue weighted by molar-refractivity contribution is -0.140. The molecule has 2 amide bonds. The number of hydrogen-bond donors (Lipinski definition) is 3. The number of rotatable bonds is 7. The Morgan fingerprint density at radius 2 is 1.89 bits per heavy atom. The third kappa shape index (κ3) is 5.55. The van der Waals surface area contributed by atoms with E-state index < -0.39 is 28.1 Å². The zero-order valence-electron chi connectivity index (χ0n) is 19.8. The predicted octanol–water partition coefficient (Wildman–Crippen LogP) is 2.00. The summed E-state index contributed by atoms with van der Waals surface area (Å²) in [6.07, 6.45) is 2.11. The van der Waals surface area contributed by atoms with Crippen molar-refractivity contribution in [3.8, 4) is 0 Å². The number of aromatic amines is 1. The van der Waals surface area contributed by atoms with Crippen LogP contribution in [0.25, 0.3) is 10.9 Å². The average molecular weight is 499 g/mol. The number of aromatic nitrogens is 1. The van der Waals surface area contributed by atoms with E-state index in [1.54, 1.807) is 19.1 Å². The molecule has 4 rings (SSSR count). The van der Waals surface area contributed by atoms with E-state index in [1.807, 2.05) is 43.5 Å². The Hall–Kier alpha value is -3.21. The minimum atomic E-state index is -3.84. The van der Waals surface area contributed by atoms with Crippen molar-refractivity contribution in [2.75, 3.05) is 26.2 Å². The number of benzene rings is 2. The van der Waals surface area contributed by atoms with Crippen molar-refractivity contribution >= 4 is 32.7 Å². The Bertz CT molecular complexity index is 1330. The molecule has 35 heavy (non-hydrogen) atoms. The summed E-state index contributed by atoms with van der Waals surface area (Å²) in [4.78, 5) is 28.0. The molecule has 3 aromatic rings. The SMILES string of the molecule is Cc1ccc(C)c(S(=O)(=O)N2CCCO[C@@H]2CNC(=O)C(=O)NCCc2c[nH]c3ccccc23)c1. The summed E-state index contributed by atoms with van der Waals surface area (Å²) in [5.74, 6) is -1.60. The summed E-state index contributed by atoms with van der Waals surface area (Å²) >= 11 is 0. The van der Waals surface area contributed by atoms with Gasteiger partial charge in [-0.05, 0) is 55.5 Å². The molecule has 0 radical (unpaired) electrons. The molecular weight excluding hydrogens is 468 g/mol. The van der Waals surface area contributed by atoms with Gasteiger partial charge in [-0.15, -0.1) is 0 Å². The fourth-order valence-electron chi connectivity index (χ4n) is 4.20. The summed E-state index contributed by atoms with van der Waals surface area (Å²) in [7, 11) is -3.84. The molecule has 9 nitrogen and oxygen atoms in total. The first kappa shape index (κ1) is 24.9. The second kappa shape index (κ2) is 10.6. The van der Waals surface area contributed by atoms with Gasteiger partial charge < -0.3 is 20.4 Å². The molecular formula is C25H30N4O5S. The molecule has 0 spiro atoms. The number of carbonyl (C=O) groups excluding carboxylic acids is 2. The molecule has 1 fully saturated rings. The topological polar surface area (TPSA) is 121 Å². The molecule has 1 aliphatic heterocycles. The van der Waals surface area contributed by atoms with Gasteiger partial charge >= 0.3 is 11.8 Å². The number of fused-ring (bicyclic) bond motifs is 1. The Kier molecular flexibility index (Phi) is 7.54. The normalized spacial score (nSPS) is 16.8. The standard InChI is InChI=1S/C25H30N4O5S/c1-17-8-9-18(2)22(14-17)35(32,33)29-12-5-13-34-23(29)16-28-25(31)24(30)26-11-10-19-15-27-21-7-4-3-6-20(19)21/h3-4,6-9,14-15,23,27H,5,10-13,16H2,1-2H3,(H,26,30)(H,28,31)/t23-/m1/s1. The van der Waals surface area contributed by atoms with E-state index in [0.29, 0.717) is 31.6 Å². The maximum absolute atomic E-state index is 13.3. The van der Waals surface area contributed by atoms with Crippen molar-refractivity contribution in [2.24, 2.45) is 0 Å². The van der Waals surface area contributed by atoms with Gasteiger partial charge in [-0.3, -0.25) is 9.59 Å². The molecule has 2 aromatic carbocycles. The highest BCUT2D eigenvalue weighted by atomic mass is 32.2. The quantitative estimate of drug-likeness (QED) is 0.431. The Labute approximate surface area is 204 Å². The van der Waals surface area contributed by atoms with Crippen LogP contribution in [0, 0.1) is 13.8 Å². The second-order valence-electron chi connectivity index (χ2n) is 8.64. The molecule has 0 bridgehead atoms. The number of para-hydroxylation sites is 1. The van der Waals surface area contributed by atoms with Crippen LogP contribution in [0.1, 0.15) is 23.1 Å². The number of hydrogen-bond acceptors (Lipinski definition) is 5. The number of nitrogens with one attached hydrogen (secondary N) is 3. The summed E-state index contributed by atoms with van der Waals surface area (Å²) in [6.45, 7) is 4.39. The highest BCUT2D eigenvalue weighted by molar-refractivity contribution is 7.89. The molecule has 1 atom stereocenters. The van der Waals surface area contributed by atoms with Crippen molar-refractivity contribution in [3.63, 3.8) is 0 Å². The lowest BCUT2D eigenvalue weighted by Crippen LogP contribution is -2.53. The zero-order valence-corrected chi connectivity index (χ0v) is 20.7. The van der Waals surface area contributed by atoms with Gasteiger partial charge in [0.25, 0.3) is 0 Å². The number of nitrogens with zero attached hydrogens (tertiary/aromatic N) is 1. The van der Waals surface area contributed by atoms with E-state index in [2.05, 4.69) is 15.6 Å². The lowest BCUT2D eigenvalue weighted by Gasteiger charge is -2.35. The van der Waals surface area contributed by atoms with Crippen LogP contribution in [0.3, 0.4) is 0 Å². The molecule has 3 N–H and O–H groups in total. The smallest absolute Gasteiger partial charge is 0.309 e. The molecule has 1 aromatic heterocycles. The summed E-state index contributed by atoms with van der Waals surface area (Å²) in [6, 6.07) is 13.1. The molecule has 186 valence electrons. The number of amides is 2. The van der Waals surface area contributed by atoms with Gasteiger partial charge in [0.2, 0.25) is 10.0 Å². The third-order valence-corrected chi connectivity index (χ3v) is 8.11.